The lowest BCUT2D eigenvalue weighted by molar-refractivity contribution is -0.385. The van der Waals surface area contributed by atoms with Gasteiger partial charge in [0.1, 0.15) is 17.2 Å². The highest BCUT2D eigenvalue weighted by atomic mass is 127. The van der Waals surface area contributed by atoms with Crippen LogP contribution in [-0.2, 0) is 0 Å². The van der Waals surface area contributed by atoms with Gasteiger partial charge in [0, 0.05) is 15.8 Å². The lowest BCUT2D eigenvalue weighted by Crippen LogP contribution is -2.14. The van der Waals surface area contributed by atoms with Crippen LogP contribution in [0.2, 0.25) is 5.15 Å². The van der Waals surface area contributed by atoms with Crippen LogP contribution >= 0.6 is 34.2 Å². The molecule has 0 aliphatic carbocycles. The fraction of sp³-hybridized carbons (Fsp3) is 0. The zero-order valence-corrected chi connectivity index (χ0v) is 12.6. The zero-order chi connectivity index (χ0) is 14.7. The van der Waals surface area contributed by atoms with Crippen molar-refractivity contribution >= 4 is 51.6 Å². The van der Waals surface area contributed by atoms with Gasteiger partial charge in [-0.3, -0.25) is 14.9 Å². The number of carbonyl (C=O) groups excluding carboxylic acids is 1. The second-order valence-electron chi connectivity index (χ2n) is 3.60. The van der Waals surface area contributed by atoms with E-state index in [9.17, 15) is 14.9 Å². The summed E-state index contributed by atoms with van der Waals surface area (Å²) in [7, 11) is 0. The van der Waals surface area contributed by atoms with Gasteiger partial charge < -0.3 is 5.32 Å². The molecule has 0 radical (unpaired) electrons. The maximum absolute atomic E-state index is 12.0. The second-order valence-corrected chi connectivity index (χ2v) is 5.21. The molecule has 0 spiro atoms. The number of nitrogens with zero attached hydrogens (tertiary/aromatic N) is 3. The molecule has 0 aromatic carbocycles. The van der Waals surface area contributed by atoms with Crippen molar-refractivity contribution in [2.75, 3.05) is 5.32 Å². The number of halogens is 2. The largest absolute Gasteiger partial charge is 0.306 e. The SMILES string of the molecule is O=C(Nc1ccc(I)cn1)c1cc([N+](=O)[O-])cnc1Cl. The smallest absolute Gasteiger partial charge is 0.288 e. The number of anilines is 1. The number of aromatic nitrogens is 2. The minimum atomic E-state index is -0.650. The normalized spacial score (nSPS) is 10.1. The number of nitro groups is 1. The molecule has 2 aromatic heterocycles. The Morgan fingerprint density at radius 3 is 2.70 bits per heavy atom. The van der Waals surface area contributed by atoms with Crippen molar-refractivity contribution in [2.24, 2.45) is 0 Å². The van der Waals surface area contributed by atoms with E-state index in [4.69, 9.17) is 11.6 Å². The summed E-state index contributed by atoms with van der Waals surface area (Å²) in [6, 6.07) is 4.44. The van der Waals surface area contributed by atoms with E-state index in [0.717, 1.165) is 15.8 Å². The zero-order valence-electron chi connectivity index (χ0n) is 9.71. The first kappa shape index (κ1) is 14.6. The van der Waals surface area contributed by atoms with E-state index in [1.54, 1.807) is 18.3 Å². The Kier molecular flexibility index (Phi) is 4.45. The quantitative estimate of drug-likeness (QED) is 0.367. The molecule has 2 aromatic rings. The van der Waals surface area contributed by atoms with Crippen LogP contribution in [0.3, 0.4) is 0 Å². The number of rotatable bonds is 3. The molecule has 0 unspecified atom stereocenters. The van der Waals surface area contributed by atoms with Crippen molar-refractivity contribution in [2.45, 2.75) is 0 Å². The van der Waals surface area contributed by atoms with E-state index >= 15 is 0 Å². The van der Waals surface area contributed by atoms with Crippen molar-refractivity contribution in [3.63, 3.8) is 0 Å². The van der Waals surface area contributed by atoms with Gasteiger partial charge in [0.15, 0.2) is 0 Å². The van der Waals surface area contributed by atoms with Gasteiger partial charge >= 0.3 is 0 Å². The average Bonchev–Trinajstić information content (AvgIpc) is 2.41. The molecule has 0 saturated heterocycles. The minimum absolute atomic E-state index is 0.0822. The summed E-state index contributed by atoms with van der Waals surface area (Å²) in [5.41, 5.74) is -0.392. The van der Waals surface area contributed by atoms with Crippen molar-refractivity contribution in [1.82, 2.24) is 9.97 Å². The third-order valence-corrected chi connectivity index (χ3v) is 3.19. The van der Waals surface area contributed by atoms with Crippen LogP contribution in [0.4, 0.5) is 11.5 Å². The topological polar surface area (TPSA) is 98.0 Å². The highest BCUT2D eigenvalue weighted by molar-refractivity contribution is 14.1. The second kappa shape index (κ2) is 6.09. The number of nitrogens with one attached hydrogen (secondary N) is 1. The first-order valence-electron chi connectivity index (χ1n) is 5.20. The third-order valence-electron chi connectivity index (χ3n) is 2.25. The molecule has 7 nitrogen and oxygen atoms in total. The van der Waals surface area contributed by atoms with Crippen LogP contribution < -0.4 is 5.32 Å². The number of hydrogen-bond acceptors (Lipinski definition) is 5. The molecule has 0 saturated carbocycles. The van der Waals surface area contributed by atoms with Gasteiger partial charge in [-0.15, -0.1) is 0 Å². The summed E-state index contributed by atoms with van der Waals surface area (Å²) in [6.45, 7) is 0. The van der Waals surface area contributed by atoms with Crippen molar-refractivity contribution in [3.8, 4) is 0 Å². The fourth-order valence-electron chi connectivity index (χ4n) is 1.33. The molecule has 0 aliphatic heterocycles. The Balaban J connectivity index is 2.26. The predicted octanol–water partition coefficient (Wildman–Crippen LogP) is 2.90. The standard InChI is InChI=1S/C11H6ClIN4O3/c12-10-8(3-7(5-15-10)17(19)20)11(18)16-9-2-1-6(13)4-14-9/h1-5H,(H,14,16,18). The molecule has 0 atom stereocenters. The maximum Gasteiger partial charge on any atom is 0.288 e. The summed E-state index contributed by atoms with van der Waals surface area (Å²) in [6.07, 6.45) is 2.56. The van der Waals surface area contributed by atoms with Crippen LogP contribution in [0.15, 0.2) is 30.6 Å². The van der Waals surface area contributed by atoms with E-state index in [1.807, 2.05) is 0 Å². The van der Waals surface area contributed by atoms with E-state index in [2.05, 4.69) is 37.9 Å². The van der Waals surface area contributed by atoms with Crippen LogP contribution in [-0.4, -0.2) is 20.8 Å². The number of pyridine rings is 2. The Morgan fingerprint density at radius 1 is 1.35 bits per heavy atom. The first-order valence-corrected chi connectivity index (χ1v) is 6.66. The Hall–Kier alpha value is -1.81. The van der Waals surface area contributed by atoms with Gasteiger partial charge in [-0.2, -0.15) is 0 Å². The number of amides is 1. The molecule has 9 heteroatoms. The highest BCUT2D eigenvalue weighted by Gasteiger charge is 2.17. The Labute approximate surface area is 131 Å². The molecule has 1 amide bonds. The van der Waals surface area contributed by atoms with E-state index in [-0.39, 0.29) is 16.4 Å². The molecule has 1 N–H and O–H groups in total. The van der Waals surface area contributed by atoms with Gasteiger partial charge in [0.05, 0.1) is 10.5 Å². The predicted molar refractivity (Wildman–Crippen MR) is 80.8 cm³/mol. The van der Waals surface area contributed by atoms with Crippen LogP contribution in [0.1, 0.15) is 10.4 Å². The molecule has 0 bridgehead atoms. The third kappa shape index (κ3) is 3.39. The average molecular weight is 405 g/mol. The Bertz CT molecular complexity index is 678. The van der Waals surface area contributed by atoms with Crippen LogP contribution in [0.25, 0.3) is 0 Å². The van der Waals surface area contributed by atoms with E-state index in [0.29, 0.717) is 5.82 Å². The molecular formula is C11H6ClIN4O3. The molecule has 0 fully saturated rings. The summed E-state index contributed by atoms with van der Waals surface area (Å²) in [5, 5.41) is 13.0. The monoisotopic (exact) mass is 404 g/mol. The van der Waals surface area contributed by atoms with Gasteiger partial charge in [0.2, 0.25) is 0 Å². The van der Waals surface area contributed by atoms with Crippen LogP contribution in [0, 0.1) is 13.7 Å². The summed E-state index contributed by atoms with van der Waals surface area (Å²) < 4.78 is 0.913. The van der Waals surface area contributed by atoms with Crippen molar-refractivity contribution in [3.05, 3.63) is 55.0 Å². The molecule has 2 rings (SSSR count). The molecular weight excluding hydrogens is 399 g/mol. The highest BCUT2D eigenvalue weighted by Crippen LogP contribution is 2.20. The van der Waals surface area contributed by atoms with E-state index < -0.39 is 10.8 Å². The summed E-state index contributed by atoms with van der Waals surface area (Å²) in [5.74, 6) is -0.294. The number of carbonyl (C=O) groups is 1. The van der Waals surface area contributed by atoms with E-state index in [1.165, 1.54) is 0 Å². The molecule has 20 heavy (non-hydrogen) atoms. The summed E-state index contributed by atoms with van der Waals surface area (Å²) >= 11 is 7.85. The van der Waals surface area contributed by atoms with Gasteiger partial charge in [-0.1, -0.05) is 11.6 Å². The molecule has 2 heterocycles. The Morgan fingerprint density at radius 2 is 2.10 bits per heavy atom. The van der Waals surface area contributed by atoms with Gasteiger partial charge in [-0.25, -0.2) is 9.97 Å². The van der Waals surface area contributed by atoms with Crippen molar-refractivity contribution in [1.29, 1.82) is 0 Å². The molecule has 102 valence electrons. The van der Waals surface area contributed by atoms with Gasteiger partial charge in [-0.05, 0) is 34.7 Å². The minimum Gasteiger partial charge on any atom is -0.306 e. The lowest BCUT2D eigenvalue weighted by atomic mass is 10.2. The van der Waals surface area contributed by atoms with Crippen molar-refractivity contribution < 1.29 is 9.72 Å². The maximum atomic E-state index is 12.0. The van der Waals surface area contributed by atoms with Gasteiger partial charge in [0.25, 0.3) is 11.6 Å². The number of hydrogen-bond donors (Lipinski definition) is 1. The first-order chi connectivity index (χ1) is 9.47. The fourth-order valence-corrected chi connectivity index (χ4v) is 1.84. The summed E-state index contributed by atoms with van der Waals surface area (Å²) in [4.78, 5) is 29.6. The molecule has 0 aliphatic rings. The lowest BCUT2D eigenvalue weighted by Gasteiger charge is -2.05. The van der Waals surface area contributed by atoms with Crippen LogP contribution in [0.5, 0.6) is 0 Å².